The van der Waals surface area contributed by atoms with Crippen LogP contribution in [0.3, 0.4) is 0 Å². The minimum atomic E-state index is -3.82. The predicted molar refractivity (Wildman–Crippen MR) is 129 cm³/mol. The first-order chi connectivity index (χ1) is 15.7. The molecule has 0 bridgehead atoms. The molecular formula is C24H26N2O5S2. The molecule has 33 heavy (non-hydrogen) atoms. The van der Waals surface area contributed by atoms with Gasteiger partial charge in [0.05, 0.1) is 28.3 Å². The minimum absolute atomic E-state index is 0.151. The number of hydrogen-bond acceptors (Lipinski definition) is 5. The van der Waals surface area contributed by atoms with E-state index in [1.54, 1.807) is 54.6 Å². The second kappa shape index (κ2) is 9.07. The van der Waals surface area contributed by atoms with Crippen LogP contribution in [0.4, 0.5) is 11.4 Å². The van der Waals surface area contributed by atoms with E-state index in [-0.39, 0.29) is 9.79 Å². The first-order valence-electron chi connectivity index (χ1n) is 10.7. The van der Waals surface area contributed by atoms with Gasteiger partial charge in [0, 0.05) is 6.54 Å². The number of nitrogens with zero attached hydrogens (tertiary/aromatic N) is 1. The number of hydrogen-bond donors (Lipinski definition) is 1. The zero-order chi connectivity index (χ0) is 23.6. The van der Waals surface area contributed by atoms with Gasteiger partial charge in [-0.2, -0.15) is 0 Å². The standard InChI is InChI=1S/C24H26N2O5S2/c1-3-18-6-12-22(13-7-18)32(27,28)25-20-9-8-19-5-4-16-26(24(19)17-20)33(29,30)23-14-10-21(31-2)11-15-23/h6-15,17,25H,3-5,16H2,1-2H3. The first kappa shape index (κ1) is 23.1. The molecule has 4 rings (SSSR count). The molecule has 0 radical (unpaired) electrons. The molecule has 1 aliphatic heterocycles. The van der Waals surface area contributed by atoms with E-state index in [9.17, 15) is 16.8 Å². The van der Waals surface area contributed by atoms with Gasteiger partial charge in [-0.15, -0.1) is 0 Å². The molecule has 174 valence electrons. The van der Waals surface area contributed by atoms with Crippen molar-refractivity contribution in [1.82, 2.24) is 0 Å². The lowest BCUT2D eigenvalue weighted by atomic mass is 10.0. The van der Waals surface area contributed by atoms with Gasteiger partial charge in [-0.05, 0) is 78.9 Å². The van der Waals surface area contributed by atoms with E-state index in [0.717, 1.165) is 24.0 Å². The van der Waals surface area contributed by atoms with E-state index < -0.39 is 20.0 Å². The Bertz CT molecular complexity index is 1350. The molecule has 3 aromatic rings. The van der Waals surface area contributed by atoms with Gasteiger partial charge in [0.15, 0.2) is 0 Å². The fourth-order valence-corrected chi connectivity index (χ4v) is 6.43. The third-order valence-electron chi connectivity index (χ3n) is 5.70. The van der Waals surface area contributed by atoms with Gasteiger partial charge < -0.3 is 4.74 Å². The van der Waals surface area contributed by atoms with E-state index in [1.165, 1.54) is 23.5 Å². The maximum Gasteiger partial charge on any atom is 0.264 e. The van der Waals surface area contributed by atoms with Crippen molar-refractivity contribution in [3.8, 4) is 5.75 Å². The summed E-state index contributed by atoms with van der Waals surface area (Å²) in [4.78, 5) is 0.304. The van der Waals surface area contributed by atoms with Crippen LogP contribution in [-0.4, -0.2) is 30.5 Å². The highest BCUT2D eigenvalue weighted by Gasteiger charge is 2.29. The third kappa shape index (κ3) is 4.69. The largest absolute Gasteiger partial charge is 0.497 e. The van der Waals surface area contributed by atoms with Crippen molar-refractivity contribution in [2.45, 2.75) is 36.0 Å². The third-order valence-corrected chi connectivity index (χ3v) is 8.93. The summed E-state index contributed by atoms with van der Waals surface area (Å²) < 4.78 is 61.6. The molecule has 0 unspecified atom stereocenters. The number of anilines is 2. The van der Waals surface area contributed by atoms with Gasteiger partial charge in [0.1, 0.15) is 5.75 Å². The molecule has 0 fully saturated rings. The summed E-state index contributed by atoms with van der Waals surface area (Å²) >= 11 is 0. The van der Waals surface area contributed by atoms with Crippen molar-refractivity contribution in [2.24, 2.45) is 0 Å². The van der Waals surface area contributed by atoms with Crippen LogP contribution >= 0.6 is 0 Å². The monoisotopic (exact) mass is 486 g/mol. The second-order valence-electron chi connectivity index (χ2n) is 7.80. The summed E-state index contributed by atoms with van der Waals surface area (Å²) in [6.45, 7) is 2.32. The Hall–Kier alpha value is -3.04. The number of benzene rings is 3. The Labute approximate surface area is 195 Å². The van der Waals surface area contributed by atoms with Gasteiger partial charge in [-0.1, -0.05) is 25.1 Å². The molecule has 0 atom stereocenters. The van der Waals surface area contributed by atoms with E-state index in [4.69, 9.17) is 4.74 Å². The average Bonchev–Trinajstić information content (AvgIpc) is 2.83. The van der Waals surface area contributed by atoms with Crippen LogP contribution in [0.25, 0.3) is 0 Å². The Kier molecular flexibility index (Phi) is 6.36. The van der Waals surface area contributed by atoms with Crippen LogP contribution in [-0.2, 0) is 32.9 Å². The number of rotatable bonds is 7. The summed E-state index contributed by atoms with van der Waals surface area (Å²) in [6.07, 6.45) is 2.21. The smallest absolute Gasteiger partial charge is 0.264 e. The molecule has 9 heteroatoms. The SMILES string of the molecule is CCc1ccc(S(=O)(=O)Nc2ccc3c(c2)N(S(=O)(=O)c2ccc(OC)cc2)CCC3)cc1. The van der Waals surface area contributed by atoms with Crippen LogP contribution in [0.5, 0.6) is 5.75 Å². The van der Waals surface area contributed by atoms with Gasteiger partial charge in [0.2, 0.25) is 0 Å². The number of sulfonamides is 2. The maximum atomic E-state index is 13.4. The van der Waals surface area contributed by atoms with E-state index in [1.807, 2.05) is 6.92 Å². The van der Waals surface area contributed by atoms with Crippen molar-refractivity contribution < 1.29 is 21.6 Å². The lowest BCUT2D eigenvalue weighted by Crippen LogP contribution is -2.35. The molecule has 1 heterocycles. The Balaban J connectivity index is 1.66. The van der Waals surface area contributed by atoms with Crippen LogP contribution in [0.1, 0.15) is 24.5 Å². The predicted octanol–water partition coefficient (Wildman–Crippen LogP) is 4.20. The van der Waals surface area contributed by atoms with Gasteiger partial charge >= 0.3 is 0 Å². The van der Waals surface area contributed by atoms with Crippen molar-refractivity contribution in [1.29, 1.82) is 0 Å². The molecule has 0 aromatic heterocycles. The van der Waals surface area contributed by atoms with Crippen LogP contribution in [0, 0.1) is 0 Å². The number of aryl methyl sites for hydroxylation is 2. The fourth-order valence-electron chi connectivity index (χ4n) is 3.85. The van der Waals surface area contributed by atoms with E-state index in [2.05, 4.69) is 4.72 Å². The molecule has 1 N–H and O–H groups in total. The van der Waals surface area contributed by atoms with E-state index >= 15 is 0 Å². The highest BCUT2D eigenvalue weighted by Crippen LogP contribution is 2.35. The molecule has 0 aliphatic carbocycles. The molecule has 3 aromatic carbocycles. The van der Waals surface area contributed by atoms with Gasteiger partial charge in [0.25, 0.3) is 20.0 Å². The molecule has 0 saturated heterocycles. The van der Waals surface area contributed by atoms with Gasteiger partial charge in [-0.3, -0.25) is 9.03 Å². The summed E-state index contributed by atoms with van der Waals surface area (Å²) in [5.41, 5.74) is 2.69. The average molecular weight is 487 g/mol. The highest BCUT2D eigenvalue weighted by molar-refractivity contribution is 7.93. The van der Waals surface area contributed by atoms with Crippen molar-refractivity contribution in [3.63, 3.8) is 0 Å². The zero-order valence-corrected chi connectivity index (χ0v) is 20.1. The maximum absolute atomic E-state index is 13.4. The number of methoxy groups -OCH3 is 1. The number of nitrogens with one attached hydrogen (secondary N) is 1. The molecule has 0 saturated carbocycles. The lowest BCUT2D eigenvalue weighted by Gasteiger charge is -2.31. The molecular weight excluding hydrogens is 460 g/mol. The van der Waals surface area contributed by atoms with Gasteiger partial charge in [-0.25, -0.2) is 16.8 Å². The zero-order valence-electron chi connectivity index (χ0n) is 18.5. The fraction of sp³-hybridized carbons (Fsp3) is 0.250. The second-order valence-corrected chi connectivity index (χ2v) is 11.3. The summed E-state index contributed by atoms with van der Waals surface area (Å²) in [6, 6.07) is 18.0. The molecule has 0 spiro atoms. The molecule has 7 nitrogen and oxygen atoms in total. The number of fused-ring (bicyclic) bond motifs is 1. The summed E-state index contributed by atoms with van der Waals surface area (Å²) in [7, 11) is -6.11. The van der Waals surface area contributed by atoms with Crippen molar-refractivity contribution in [2.75, 3.05) is 22.7 Å². The quantitative estimate of drug-likeness (QED) is 0.540. The van der Waals surface area contributed by atoms with Crippen molar-refractivity contribution >= 4 is 31.4 Å². The molecule has 0 amide bonds. The summed E-state index contributed by atoms with van der Waals surface area (Å²) in [5.74, 6) is 0.566. The van der Waals surface area contributed by atoms with Crippen molar-refractivity contribution in [3.05, 3.63) is 77.9 Å². The minimum Gasteiger partial charge on any atom is -0.497 e. The van der Waals surface area contributed by atoms with Crippen LogP contribution < -0.4 is 13.8 Å². The van der Waals surface area contributed by atoms with E-state index in [0.29, 0.717) is 30.1 Å². The molecule has 1 aliphatic rings. The Morgan fingerprint density at radius 3 is 2.21 bits per heavy atom. The highest BCUT2D eigenvalue weighted by atomic mass is 32.2. The Morgan fingerprint density at radius 1 is 0.909 bits per heavy atom. The normalized spacial score (nSPS) is 13.9. The first-order valence-corrected chi connectivity index (χ1v) is 13.6. The Morgan fingerprint density at radius 2 is 1.58 bits per heavy atom. The topological polar surface area (TPSA) is 92.8 Å². The number of ether oxygens (including phenoxy) is 1. The lowest BCUT2D eigenvalue weighted by molar-refractivity contribution is 0.414. The summed E-state index contributed by atoms with van der Waals surface area (Å²) in [5, 5.41) is 0. The van der Waals surface area contributed by atoms with Crippen LogP contribution in [0.2, 0.25) is 0 Å². The van der Waals surface area contributed by atoms with Crippen LogP contribution in [0.15, 0.2) is 76.5 Å².